The van der Waals surface area contributed by atoms with Gasteiger partial charge in [0.2, 0.25) is 10.0 Å². The lowest BCUT2D eigenvalue weighted by atomic mass is 10.0. The molecule has 4 rings (SSSR count). The third kappa shape index (κ3) is 5.06. The van der Waals surface area contributed by atoms with Crippen LogP contribution in [0.1, 0.15) is 23.2 Å². The van der Waals surface area contributed by atoms with Gasteiger partial charge in [-0.3, -0.25) is 4.90 Å². The van der Waals surface area contributed by atoms with Crippen LogP contribution in [0, 0.1) is 17.5 Å². The molecule has 0 unspecified atom stereocenters. The van der Waals surface area contributed by atoms with Crippen LogP contribution in [0.5, 0.6) is 0 Å². The van der Waals surface area contributed by atoms with Crippen LogP contribution in [0.3, 0.4) is 0 Å². The first-order chi connectivity index (χ1) is 15.6. The molecular formula is C22H23F3N4O2S2. The van der Waals surface area contributed by atoms with E-state index in [2.05, 4.69) is 9.88 Å². The van der Waals surface area contributed by atoms with Crippen molar-refractivity contribution in [1.82, 2.24) is 9.88 Å². The molecule has 0 saturated carbocycles. The third-order valence-corrected chi connectivity index (χ3v) is 7.49. The molecule has 0 aliphatic carbocycles. The van der Waals surface area contributed by atoms with Crippen LogP contribution in [-0.4, -0.2) is 44.5 Å². The van der Waals surface area contributed by atoms with E-state index >= 15 is 4.39 Å². The number of halogens is 3. The standard InChI is InChI=1S/C22H23F3N4O2S2/c1-28(16-6-7-29(11-16)10-14-4-2-3-5-18(14)23)20-9-19(24)22(33(26,30)31)21(25)17(20)8-15-12-32-13-27-15/h2-5,9,12-13,16H,6-8,10-11H2,1H3,(H2,26,30,31)/t16-/m0/s1. The van der Waals surface area contributed by atoms with Crippen molar-refractivity contribution in [3.63, 3.8) is 0 Å². The minimum absolute atomic E-state index is 0.0104. The highest BCUT2D eigenvalue weighted by atomic mass is 32.2. The number of rotatable bonds is 7. The molecular weight excluding hydrogens is 473 g/mol. The summed E-state index contributed by atoms with van der Waals surface area (Å²) in [6.07, 6.45) is 0.685. The second-order valence-electron chi connectivity index (χ2n) is 8.08. The zero-order valence-corrected chi connectivity index (χ0v) is 19.5. The first-order valence-corrected chi connectivity index (χ1v) is 12.7. The van der Waals surface area contributed by atoms with Crippen LogP contribution >= 0.6 is 11.3 Å². The number of hydrogen-bond donors (Lipinski definition) is 1. The molecule has 2 aromatic carbocycles. The second kappa shape index (κ2) is 9.41. The summed E-state index contributed by atoms with van der Waals surface area (Å²) >= 11 is 1.32. The maximum absolute atomic E-state index is 15.3. The van der Waals surface area contributed by atoms with Gasteiger partial charge in [-0.05, 0) is 18.6 Å². The Hall–Kier alpha value is -2.47. The molecule has 0 spiro atoms. The monoisotopic (exact) mass is 496 g/mol. The van der Waals surface area contributed by atoms with E-state index in [-0.39, 0.29) is 29.5 Å². The van der Waals surface area contributed by atoms with Crippen LogP contribution in [0.2, 0.25) is 0 Å². The second-order valence-corrected chi connectivity index (χ2v) is 10.3. The van der Waals surface area contributed by atoms with Crippen LogP contribution in [-0.2, 0) is 23.0 Å². The van der Waals surface area contributed by atoms with E-state index in [0.29, 0.717) is 37.3 Å². The summed E-state index contributed by atoms with van der Waals surface area (Å²) in [4.78, 5) is 6.83. The number of anilines is 1. The fourth-order valence-electron chi connectivity index (χ4n) is 4.21. The van der Waals surface area contributed by atoms with Gasteiger partial charge in [0, 0.05) is 61.3 Å². The Morgan fingerprint density at radius 1 is 1.24 bits per heavy atom. The number of likely N-dealkylation sites (tertiary alicyclic amines) is 1. The Morgan fingerprint density at radius 2 is 2.00 bits per heavy atom. The number of nitrogens with zero attached hydrogens (tertiary/aromatic N) is 3. The quantitative estimate of drug-likeness (QED) is 0.542. The van der Waals surface area contributed by atoms with Gasteiger partial charge in [-0.15, -0.1) is 11.3 Å². The number of likely N-dealkylation sites (N-methyl/N-ethyl adjacent to an activating group) is 1. The molecule has 2 N–H and O–H groups in total. The van der Waals surface area contributed by atoms with Crippen molar-refractivity contribution in [2.24, 2.45) is 5.14 Å². The Morgan fingerprint density at radius 3 is 2.67 bits per heavy atom. The van der Waals surface area contributed by atoms with Crippen molar-refractivity contribution in [2.45, 2.75) is 30.3 Å². The number of benzene rings is 2. The van der Waals surface area contributed by atoms with Gasteiger partial charge >= 0.3 is 0 Å². The van der Waals surface area contributed by atoms with Crippen LogP contribution in [0.25, 0.3) is 0 Å². The average molecular weight is 497 g/mol. The zero-order valence-electron chi connectivity index (χ0n) is 17.8. The van der Waals surface area contributed by atoms with Crippen molar-refractivity contribution in [3.05, 3.63) is 75.5 Å². The molecule has 33 heavy (non-hydrogen) atoms. The fourth-order valence-corrected chi connectivity index (χ4v) is 5.47. The minimum atomic E-state index is -4.60. The first-order valence-electron chi connectivity index (χ1n) is 10.2. The maximum atomic E-state index is 15.3. The lowest BCUT2D eigenvalue weighted by Gasteiger charge is -2.30. The Labute approximate surface area is 194 Å². The summed E-state index contributed by atoms with van der Waals surface area (Å²) in [5.74, 6) is -2.71. The van der Waals surface area contributed by atoms with Gasteiger partial charge in [0.25, 0.3) is 0 Å². The minimum Gasteiger partial charge on any atom is -0.370 e. The average Bonchev–Trinajstić information content (AvgIpc) is 3.42. The molecule has 0 amide bonds. The largest absolute Gasteiger partial charge is 0.370 e. The SMILES string of the molecule is CN(c1cc(F)c(S(N)(=O)=O)c(F)c1Cc1cscn1)[C@H]1CCN(Cc2ccccc2F)C1. The van der Waals surface area contributed by atoms with Crippen molar-refractivity contribution in [1.29, 1.82) is 0 Å². The van der Waals surface area contributed by atoms with E-state index < -0.39 is 26.6 Å². The fraction of sp³-hybridized carbons (Fsp3) is 0.318. The number of nitrogens with two attached hydrogens (primary N) is 1. The van der Waals surface area contributed by atoms with Gasteiger partial charge in [-0.1, -0.05) is 18.2 Å². The van der Waals surface area contributed by atoms with E-state index in [0.717, 1.165) is 6.07 Å². The van der Waals surface area contributed by atoms with Gasteiger partial charge in [0.05, 0.1) is 11.2 Å². The van der Waals surface area contributed by atoms with E-state index in [9.17, 15) is 17.2 Å². The first kappa shape index (κ1) is 23.7. The van der Waals surface area contributed by atoms with Crippen molar-refractivity contribution in [2.75, 3.05) is 25.0 Å². The molecule has 3 aromatic rings. The molecule has 1 aromatic heterocycles. The van der Waals surface area contributed by atoms with Crippen LogP contribution in [0.15, 0.2) is 46.1 Å². The summed E-state index contributed by atoms with van der Waals surface area (Å²) in [6, 6.07) is 7.47. The van der Waals surface area contributed by atoms with E-state index in [1.807, 2.05) is 0 Å². The molecule has 1 aliphatic rings. The van der Waals surface area contributed by atoms with Gasteiger partial charge in [-0.2, -0.15) is 0 Å². The molecule has 1 aliphatic heterocycles. The molecule has 1 atom stereocenters. The molecule has 2 heterocycles. The summed E-state index contributed by atoms with van der Waals surface area (Å²) in [5, 5.41) is 6.80. The molecule has 0 radical (unpaired) electrons. The zero-order chi connectivity index (χ0) is 23.8. The molecule has 176 valence electrons. The predicted molar refractivity (Wildman–Crippen MR) is 121 cm³/mol. The van der Waals surface area contributed by atoms with E-state index in [4.69, 9.17) is 5.14 Å². The summed E-state index contributed by atoms with van der Waals surface area (Å²) in [6.45, 7) is 1.67. The highest BCUT2D eigenvalue weighted by Crippen LogP contribution is 2.34. The predicted octanol–water partition coefficient (Wildman–Crippen LogP) is 3.51. The highest BCUT2D eigenvalue weighted by Gasteiger charge is 2.32. The normalized spacial score (nSPS) is 16.9. The van der Waals surface area contributed by atoms with Crippen molar-refractivity contribution >= 4 is 27.0 Å². The lowest BCUT2D eigenvalue weighted by Crippen LogP contribution is -2.35. The van der Waals surface area contributed by atoms with E-state index in [1.165, 1.54) is 17.4 Å². The number of aromatic nitrogens is 1. The molecule has 11 heteroatoms. The summed E-state index contributed by atoms with van der Waals surface area (Å²) in [7, 11) is -2.89. The Balaban J connectivity index is 1.64. The number of hydrogen-bond acceptors (Lipinski definition) is 6. The van der Waals surface area contributed by atoms with Crippen LogP contribution in [0.4, 0.5) is 18.9 Å². The Kier molecular flexibility index (Phi) is 6.76. The highest BCUT2D eigenvalue weighted by molar-refractivity contribution is 7.89. The van der Waals surface area contributed by atoms with Gasteiger partial charge < -0.3 is 4.90 Å². The van der Waals surface area contributed by atoms with E-state index in [1.54, 1.807) is 41.0 Å². The number of sulfonamides is 1. The van der Waals surface area contributed by atoms with Crippen molar-refractivity contribution < 1.29 is 21.6 Å². The van der Waals surface area contributed by atoms with Gasteiger partial charge in [-0.25, -0.2) is 31.7 Å². The molecule has 1 fully saturated rings. The summed E-state index contributed by atoms with van der Waals surface area (Å²) < 4.78 is 67.8. The molecule has 1 saturated heterocycles. The van der Waals surface area contributed by atoms with Crippen LogP contribution < -0.4 is 10.0 Å². The Bertz CT molecular complexity index is 1250. The third-order valence-electron chi connectivity index (χ3n) is 5.91. The van der Waals surface area contributed by atoms with Gasteiger partial charge in [0.15, 0.2) is 10.7 Å². The smallest absolute Gasteiger partial charge is 0.243 e. The molecule has 0 bridgehead atoms. The topological polar surface area (TPSA) is 79.5 Å². The lowest BCUT2D eigenvalue weighted by molar-refractivity contribution is 0.320. The van der Waals surface area contributed by atoms with Gasteiger partial charge in [0.1, 0.15) is 11.6 Å². The number of primary sulfonamides is 1. The van der Waals surface area contributed by atoms with Crippen molar-refractivity contribution in [3.8, 4) is 0 Å². The molecule has 6 nitrogen and oxygen atoms in total. The summed E-state index contributed by atoms with van der Waals surface area (Å²) in [5.41, 5.74) is 2.95. The maximum Gasteiger partial charge on any atom is 0.243 e. The number of thiazole rings is 1.